The van der Waals surface area contributed by atoms with Crippen LogP contribution in [0.15, 0.2) is 67.0 Å². The van der Waals surface area contributed by atoms with Gasteiger partial charge in [0.25, 0.3) is 0 Å². The first kappa shape index (κ1) is 19.2. The maximum atomic E-state index is 12.4. The number of rotatable bonds is 5. The van der Waals surface area contributed by atoms with E-state index in [9.17, 15) is 4.79 Å². The largest absolute Gasteiger partial charge is 0.325 e. The average molecular weight is 386 g/mol. The summed E-state index contributed by atoms with van der Waals surface area (Å²) in [6.07, 6.45) is 7.11. The number of carbonyl (C=O) groups is 1. The maximum Gasteiger partial charge on any atom is 0.238 e. The molecule has 1 N–H and O–H groups in total. The van der Waals surface area contributed by atoms with Crippen molar-refractivity contribution >= 4 is 17.2 Å². The Bertz CT molecular complexity index is 1040. The smallest absolute Gasteiger partial charge is 0.238 e. The Morgan fingerprint density at radius 3 is 2.66 bits per heavy atom. The van der Waals surface area contributed by atoms with Crippen LogP contribution in [0.25, 0.3) is 11.3 Å². The van der Waals surface area contributed by atoms with Crippen LogP contribution in [0, 0.1) is 13.8 Å². The third kappa shape index (κ3) is 4.63. The van der Waals surface area contributed by atoms with Crippen LogP contribution in [0.5, 0.6) is 0 Å². The van der Waals surface area contributed by atoms with Crippen molar-refractivity contribution in [2.45, 2.75) is 20.3 Å². The predicted octanol–water partition coefficient (Wildman–Crippen LogP) is 4.22. The molecule has 3 aromatic rings. The monoisotopic (exact) mass is 386 g/mol. The molecule has 5 nitrogen and oxygen atoms in total. The Morgan fingerprint density at radius 1 is 1.10 bits per heavy atom. The Labute approximate surface area is 171 Å². The zero-order valence-corrected chi connectivity index (χ0v) is 16.9. The molecule has 4 rings (SSSR count). The number of aromatic nitrogens is 2. The van der Waals surface area contributed by atoms with Crippen LogP contribution >= 0.6 is 0 Å². The van der Waals surface area contributed by atoms with E-state index in [1.165, 1.54) is 16.7 Å². The molecule has 5 heteroatoms. The summed E-state index contributed by atoms with van der Waals surface area (Å²) in [7, 11) is 0. The molecule has 2 aromatic carbocycles. The molecule has 0 radical (unpaired) electrons. The van der Waals surface area contributed by atoms with Crippen molar-refractivity contribution in [3.05, 3.63) is 83.7 Å². The molecule has 0 bridgehead atoms. The van der Waals surface area contributed by atoms with Crippen molar-refractivity contribution in [2.75, 3.05) is 25.0 Å². The number of amides is 1. The molecular weight excluding hydrogens is 360 g/mol. The quantitative estimate of drug-likeness (QED) is 0.714. The number of para-hydroxylation sites is 1. The molecule has 0 saturated heterocycles. The number of benzene rings is 2. The Morgan fingerprint density at radius 2 is 1.93 bits per heavy atom. The Balaban J connectivity index is 1.34. The predicted molar refractivity (Wildman–Crippen MR) is 117 cm³/mol. The second kappa shape index (κ2) is 8.45. The van der Waals surface area contributed by atoms with Crippen molar-refractivity contribution in [1.29, 1.82) is 0 Å². The van der Waals surface area contributed by atoms with Gasteiger partial charge in [0.2, 0.25) is 5.91 Å². The molecule has 1 aliphatic heterocycles. The second-order valence-corrected chi connectivity index (χ2v) is 7.57. The highest BCUT2D eigenvalue weighted by Crippen LogP contribution is 2.23. The summed E-state index contributed by atoms with van der Waals surface area (Å²) in [5.74, 6) is 0.0296. The molecule has 29 heavy (non-hydrogen) atoms. The van der Waals surface area contributed by atoms with E-state index in [4.69, 9.17) is 0 Å². The summed E-state index contributed by atoms with van der Waals surface area (Å²) in [4.78, 5) is 14.6. The second-order valence-electron chi connectivity index (χ2n) is 7.57. The van der Waals surface area contributed by atoms with Gasteiger partial charge in [0, 0.05) is 30.5 Å². The van der Waals surface area contributed by atoms with Crippen LogP contribution in [0.1, 0.15) is 23.1 Å². The highest BCUT2D eigenvalue weighted by Gasteiger charge is 2.17. The standard InChI is InChI=1S/C24H26N4O/c1-18-8-9-22(14-19(18)2)26-24(29)17-27-12-10-20(11-13-27)21-15-25-28(16-21)23-6-4-3-5-7-23/h3-10,14-16H,11-13,17H2,1-2H3,(H,26,29). The number of nitrogens with one attached hydrogen (secondary N) is 1. The summed E-state index contributed by atoms with van der Waals surface area (Å²) < 4.78 is 1.90. The van der Waals surface area contributed by atoms with Gasteiger partial charge < -0.3 is 5.32 Å². The van der Waals surface area contributed by atoms with Crippen molar-refractivity contribution < 1.29 is 4.79 Å². The number of aryl methyl sites for hydroxylation is 2. The van der Waals surface area contributed by atoms with E-state index in [0.29, 0.717) is 6.54 Å². The number of hydrogen-bond acceptors (Lipinski definition) is 3. The summed E-state index contributed by atoms with van der Waals surface area (Å²) in [5, 5.41) is 7.49. The van der Waals surface area contributed by atoms with Crippen LogP contribution in [0.3, 0.4) is 0 Å². The third-order valence-corrected chi connectivity index (χ3v) is 5.43. The minimum atomic E-state index is 0.0296. The number of anilines is 1. The molecule has 1 aromatic heterocycles. The van der Waals surface area contributed by atoms with Gasteiger partial charge in [0.15, 0.2) is 0 Å². The Kier molecular flexibility index (Phi) is 5.58. The zero-order chi connectivity index (χ0) is 20.2. The zero-order valence-electron chi connectivity index (χ0n) is 16.9. The lowest BCUT2D eigenvalue weighted by Gasteiger charge is -2.25. The molecule has 0 spiro atoms. The number of carbonyl (C=O) groups excluding carboxylic acids is 1. The van der Waals surface area contributed by atoms with Crippen molar-refractivity contribution in [3.63, 3.8) is 0 Å². The minimum absolute atomic E-state index is 0.0296. The lowest BCUT2D eigenvalue weighted by atomic mass is 10.0. The fourth-order valence-electron chi connectivity index (χ4n) is 3.55. The fourth-order valence-corrected chi connectivity index (χ4v) is 3.55. The summed E-state index contributed by atoms with van der Waals surface area (Å²) >= 11 is 0. The lowest BCUT2D eigenvalue weighted by molar-refractivity contribution is -0.117. The highest BCUT2D eigenvalue weighted by molar-refractivity contribution is 5.92. The normalized spacial score (nSPS) is 14.5. The van der Waals surface area contributed by atoms with Gasteiger partial charge in [-0.25, -0.2) is 4.68 Å². The van der Waals surface area contributed by atoms with Gasteiger partial charge in [-0.15, -0.1) is 0 Å². The number of hydrogen-bond donors (Lipinski definition) is 1. The van der Waals surface area contributed by atoms with Gasteiger partial charge in [-0.05, 0) is 61.2 Å². The average Bonchev–Trinajstić information content (AvgIpc) is 3.22. The Hall–Kier alpha value is -3.18. The van der Waals surface area contributed by atoms with Crippen molar-refractivity contribution in [1.82, 2.24) is 14.7 Å². The van der Waals surface area contributed by atoms with E-state index in [1.54, 1.807) is 0 Å². The fraction of sp³-hybridized carbons (Fsp3) is 0.250. The molecule has 148 valence electrons. The van der Waals surface area contributed by atoms with Crippen molar-refractivity contribution in [2.24, 2.45) is 0 Å². The lowest BCUT2D eigenvalue weighted by Crippen LogP contribution is -2.36. The molecule has 0 saturated carbocycles. The van der Waals surface area contributed by atoms with Gasteiger partial charge >= 0.3 is 0 Å². The van der Waals surface area contributed by atoms with E-state index >= 15 is 0 Å². The van der Waals surface area contributed by atoms with E-state index < -0.39 is 0 Å². The molecule has 0 unspecified atom stereocenters. The van der Waals surface area contributed by atoms with Crippen LogP contribution in [-0.4, -0.2) is 40.2 Å². The van der Waals surface area contributed by atoms with Gasteiger partial charge in [-0.1, -0.05) is 30.3 Å². The van der Waals surface area contributed by atoms with Crippen LogP contribution in [0.2, 0.25) is 0 Å². The first-order valence-electron chi connectivity index (χ1n) is 9.97. The van der Waals surface area contributed by atoms with Crippen molar-refractivity contribution in [3.8, 4) is 5.69 Å². The van der Waals surface area contributed by atoms with Gasteiger partial charge in [-0.3, -0.25) is 9.69 Å². The van der Waals surface area contributed by atoms with E-state index in [0.717, 1.165) is 36.4 Å². The van der Waals surface area contributed by atoms with E-state index in [2.05, 4.69) is 41.4 Å². The molecule has 0 aliphatic carbocycles. The van der Waals surface area contributed by atoms with Gasteiger partial charge in [-0.2, -0.15) is 5.10 Å². The molecule has 1 amide bonds. The van der Waals surface area contributed by atoms with E-state index in [-0.39, 0.29) is 5.91 Å². The SMILES string of the molecule is Cc1ccc(NC(=O)CN2CC=C(c3cnn(-c4ccccc4)c3)CC2)cc1C. The maximum absolute atomic E-state index is 12.4. The molecular formula is C24H26N4O. The number of nitrogens with zero attached hydrogens (tertiary/aromatic N) is 3. The molecule has 1 aliphatic rings. The first-order chi connectivity index (χ1) is 14.1. The molecule has 0 fully saturated rings. The first-order valence-corrected chi connectivity index (χ1v) is 9.97. The summed E-state index contributed by atoms with van der Waals surface area (Å²) in [6, 6.07) is 16.1. The van der Waals surface area contributed by atoms with Crippen LogP contribution in [-0.2, 0) is 4.79 Å². The summed E-state index contributed by atoms with van der Waals surface area (Å²) in [6.45, 7) is 6.17. The summed E-state index contributed by atoms with van der Waals surface area (Å²) in [5.41, 5.74) is 6.77. The third-order valence-electron chi connectivity index (χ3n) is 5.43. The van der Waals surface area contributed by atoms with Crippen LogP contribution < -0.4 is 5.32 Å². The minimum Gasteiger partial charge on any atom is -0.325 e. The highest BCUT2D eigenvalue weighted by atomic mass is 16.2. The molecule has 0 atom stereocenters. The van der Waals surface area contributed by atoms with Gasteiger partial charge in [0.05, 0.1) is 18.4 Å². The molecule has 2 heterocycles. The van der Waals surface area contributed by atoms with Crippen LogP contribution in [0.4, 0.5) is 5.69 Å². The van der Waals surface area contributed by atoms with E-state index in [1.807, 2.05) is 59.4 Å². The topological polar surface area (TPSA) is 50.2 Å². The van der Waals surface area contributed by atoms with Gasteiger partial charge in [0.1, 0.15) is 0 Å².